The summed E-state index contributed by atoms with van der Waals surface area (Å²) in [6, 6.07) is 18.7. The fraction of sp³-hybridized carbons (Fsp3) is 0.167. The standard InChI is InChI=1S/C24H20N2O5S2/c27-19(14-21(28)31-12-11-30-15-16-6-2-1-3-7-16)17-10-13-32-23(17)26-22(29)24-25-18-8-4-5-9-20(18)33-24/h1-10,13H,11-12,14-15H2,(H,26,29). The van der Waals surface area contributed by atoms with Gasteiger partial charge in [0.2, 0.25) is 0 Å². The normalized spacial score (nSPS) is 10.8. The number of rotatable bonds is 10. The number of para-hydroxylation sites is 1. The van der Waals surface area contributed by atoms with Gasteiger partial charge in [0.15, 0.2) is 10.8 Å². The summed E-state index contributed by atoms with van der Waals surface area (Å²) in [5.74, 6) is -1.46. The highest BCUT2D eigenvalue weighted by Gasteiger charge is 2.20. The maximum Gasteiger partial charge on any atom is 0.313 e. The number of carbonyl (C=O) groups is 3. The quantitative estimate of drug-likeness (QED) is 0.149. The smallest absolute Gasteiger partial charge is 0.313 e. The Balaban J connectivity index is 1.25. The number of nitrogens with one attached hydrogen (secondary N) is 1. The van der Waals surface area contributed by atoms with Crippen LogP contribution < -0.4 is 5.32 Å². The van der Waals surface area contributed by atoms with Gasteiger partial charge in [-0.1, -0.05) is 42.5 Å². The summed E-state index contributed by atoms with van der Waals surface area (Å²) in [5.41, 5.74) is 2.04. The molecular weight excluding hydrogens is 460 g/mol. The molecule has 0 saturated heterocycles. The molecule has 0 saturated carbocycles. The van der Waals surface area contributed by atoms with Crippen LogP contribution in [0.2, 0.25) is 0 Å². The van der Waals surface area contributed by atoms with E-state index >= 15 is 0 Å². The molecule has 0 atom stereocenters. The van der Waals surface area contributed by atoms with Gasteiger partial charge in [-0.15, -0.1) is 22.7 Å². The third-order valence-corrected chi connectivity index (χ3v) is 6.45. The van der Waals surface area contributed by atoms with Crippen LogP contribution in [-0.4, -0.2) is 35.9 Å². The number of thiazole rings is 1. The van der Waals surface area contributed by atoms with Crippen molar-refractivity contribution in [3.05, 3.63) is 82.2 Å². The minimum Gasteiger partial charge on any atom is -0.463 e. The molecule has 9 heteroatoms. The second-order valence-electron chi connectivity index (χ2n) is 6.96. The predicted octanol–water partition coefficient (Wildman–Crippen LogP) is 4.94. The first-order valence-corrected chi connectivity index (χ1v) is 11.8. The van der Waals surface area contributed by atoms with Gasteiger partial charge in [-0.3, -0.25) is 14.4 Å². The first-order valence-electron chi connectivity index (χ1n) is 10.1. The molecule has 0 fully saturated rings. The zero-order chi connectivity index (χ0) is 23.0. The minimum atomic E-state index is -0.641. The topological polar surface area (TPSA) is 94.6 Å². The summed E-state index contributed by atoms with van der Waals surface area (Å²) >= 11 is 2.48. The van der Waals surface area contributed by atoms with E-state index in [0.717, 1.165) is 15.8 Å². The van der Waals surface area contributed by atoms with Crippen molar-refractivity contribution in [2.75, 3.05) is 18.5 Å². The maximum absolute atomic E-state index is 12.6. The number of carbonyl (C=O) groups excluding carboxylic acids is 3. The van der Waals surface area contributed by atoms with Crippen molar-refractivity contribution in [2.24, 2.45) is 0 Å². The molecule has 7 nitrogen and oxygen atoms in total. The number of nitrogens with zero attached hydrogens (tertiary/aromatic N) is 1. The van der Waals surface area contributed by atoms with E-state index in [1.807, 2.05) is 54.6 Å². The second-order valence-corrected chi connectivity index (χ2v) is 8.91. The number of thiophene rings is 1. The lowest BCUT2D eigenvalue weighted by Crippen LogP contribution is -2.16. The molecular formula is C24H20N2O5S2. The molecule has 1 amide bonds. The van der Waals surface area contributed by atoms with Crippen molar-refractivity contribution in [3.63, 3.8) is 0 Å². The lowest BCUT2D eigenvalue weighted by atomic mass is 10.1. The number of aromatic nitrogens is 1. The number of fused-ring (bicyclic) bond motifs is 1. The van der Waals surface area contributed by atoms with Crippen molar-refractivity contribution in [3.8, 4) is 0 Å². The molecule has 1 N–H and O–H groups in total. The van der Waals surface area contributed by atoms with Gasteiger partial charge in [-0.05, 0) is 29.1 Å². The zero-order valence-corrected chi connectivity index (χ0v) is 19.1. The van der Waals surface area contributed by atoms with Crippen LogP contribution in [0.3, 0.4) is 0 Å². The molecule has 0 aliphatic heterocycles. The van der Waals surface area contributed by atoms with E-state index < -0.39 is 24.1 Å². The van der Waals surface area contributed by atoms with Gasteiger partial charge in [0, 0.05) is 0 Å². The second kappa shape index (κ2) is 11.0. The average molecular weight is 481 g/mol. The maximum atomic E-state index is 12.6. The van der Waals surface area contributed by atoms with Gasteiger partial charge in [0.05, 0.1) is 29.0 Å². The number of hydrogen-bond donors (Lipinski definition) is 1. The molecule has 2 aromatic carbocycles. The van der Waals surface area contributed by atoms with E-state index in [1.54, 1.807) is 11.4 Å². The molecule has 0 aliphatic carbocycles. The molecule has 168 valence electrons. The monoisotopic (exact) mass is 480 g/mol. The van der Waals surface area contributed by atoms with E-state index in [-0.39, 0.29) is 18.8 Å². The number of ether oxygens (including phenoxy) is 2. The number of hydrogen-bond acceptors (Lipinski definition) is 8. The van der Waals surface area contributed by atoms with Crippen LogP contribution in [0, 0.1) is 0 Å². The van der Waals surface area contributed by atoms with Crippen LogP contribution >= 0.6 is 22.7 Å². The van der Waals surface area contributed by atoms with Crippen LogP contribution in [0.5, 0.6) is 0 Å². The van der Waals surface area contributed by atoms with Crippen LogP contribution in [0.15, 0.2) is 66.0 Å². The summed E-state index contributed by atoms with van der Waals surface area (Å²) in [4.78, 5) is 41.6. The number of Topliss-reactive ketones (excluding diaryl/α,β-unsaturated/α-hetero) is 1. The van der Waals surface area contributed by atoms with Crippen LogP contribution in [0.1, 0.15) is 32.1 Å². The molecule has 0 spiro atoms. The Kier molecular flexibility index (Phi) is 7.56. The Morgan fingerprint density at radius 2 is 1.73 bits per heavy atom. The lowest BCUT2D eigenvalue weighted by molar-refractivity contribution is -0.144. The van der Waals surface area contributed by atoms with Gasteiger partial charge in [0.25, 0.3) is 5.91 Å². The van der Waals surface area contributed by atoms with Crippen LogP contribution in [0.4, 0.5) is 5.00 Å². The number of benzene rings is 2. The third kappa shape index (κ3) is 6.10. The van der Waals surface area contributed by atoms with E-state index in [9.17, 15) is 14.4 Å². The van der Waals surface area contributed by atoms with E-state index in [1.165, 1.54) is 22.7 Å². The van der Waals surface area contributed by atoms with Gasteiger partial charge in [-0.2, -0.15) is 0 Å². The van der Waals surface area contributed by atoms with Gasteiger partial charge < -0.3 is 14.8 Å². The van der Waals surface area contributed by atoms with E-state index in [0.29, 0.717) is 16.6 Å². The third-order valence-electron chi connectivity index (χ3n) is 4.59. The van der Waals surface area contributed by atoms with Crippen molar-refractivity contribution < 1.29 is 23.9 Å². The number of ketones is 1. The van der Waals surface area contributed by atoms with Gasteiger partial charge in [-0.25, -0.2) is 4.98 Å². The molecule has 2 heterocycles. The molecule has 0 aliphatic rings. The first kappa shape index (κ1) is 22.8. The SMILES string of the molecule is O=C(CC(=O)c1ccsc1NC(=O)c1nc2ccccc2s1)OCCOCc1ccccc1. The summed E-state index contributed by atoms with van der Waals surface area (Å²) in [5, 5.41) is 5.10. The van der Waals surface area contributed by atoms with Crippen molar-refractivity contribution >= 4 is 55.6 Å². The lowest BCUT2D eigenvalue weighted by Gasteiger charge is -2.07. The highest BCUT2D eigenvalue weighted by atomic mass is 32.1. The van der Waals surface area contributed by atoms with Crippen molar-refractivity contribution in [1.82, 2.24) is 4.98 Å². The number of amides is 1. The Morgan fingerprint density at radius 1 is 0.939 bits per heavy atom. The average Bonchev–Trinajstić information content (AvgIpc) is 3.46. The molecule has 4 aromatic rings. The summed E-state index contributed by atoms with van der Waals surface area (Å²) in [6.07, 6.45) is -0.417. The van der Waals surface area contributed by atoms with E-state index in [4.69, 9.17) is 9.47 Å². The summed E-state index contributed by atoms with van der Waals surface area (Å²) in [6.45, 7) is 0.713. The van der Waals surface area contributed by atoms with Crippen LogP contribution in [0.25, 0.3) is 10.2 Å². The molecule has 0 bridgehead atoms. The van der Waals surface area contributed by atoms with Crippen LogP contribution in [-0.2, 0) is 20.9 Å². The van der Waals surface area contributed by atoms with Crippen molar-refractivity contribution in [2.45, 2.75) is 13.0 Å². The van der Waals surface area contributed by atoms with Gasteiger partial charge in [0.1, 0.15) is 18.0 Å². The first-order chi connectivity index (χ1) is 16.1. The molecule has 2 aromatic heterocycles. The van der Waals surface area contributed by atoms with Gasteiger partial charge >= 0.3 is 5.97 Å². The highest BCUT2D eigenvalue weighted by Crippen LogP contribution is 2.27. The fourth-order valence-electron chi connectivity index (χ4n) is 3.01. The summed E-state index contributed by atoms with van der Waals surface area (Å²) < 4.78 is 11.5. The highest BCUT2D eigenvalue weighted by molar-refractivity contribution is 7.20. The molecule has 0 unspecified atom stereocenters. The Labute approximate surface area is 198 Å². The molecule has 33 heavy (non-hydrogen) atoms. The van der Waals surface area contributed by atoms with Crippen molar-refractivity contribution in [1.29, 1.82) is 0 Å². The van der Waals surface area contributed by atoms with E-state index in [2.05, 4.69) is 10.3 Å². The number of anilines is 1. The minimum absolute atomic E-state index is 0.0593. The molecule has 0 radical (unpaired) electrons. The number of esters is 1. The molecule has 4 rings (SSSR count). The predicted molar refractivity (Wildman–Crippen MR) is 128 cm³/mol. The fourth-order valence-corrected chi connectivity index (χ4v) is 4.67. The summed E-state index contributed by atoms with van der Waals surface area (Å²) in [7, 11) is 0. The Hall–Kier alpha value is -3.40. The Morgan fingerprint density at radius 3 is 2.55 bits per heavy atom. The largest absolute Gasteiger partial charge is 0.463 e. The zero-order valence-electron chi connectivity index (χ0n) is 17.5. The Bertz CT molecular complexity index is 1230.